The van der Waals surface area contributed by atoms with Crippen LogP contribution in [0.2, 0.25) is 0 Å². The van der Waals surface area contributed by atoms with Crippen molar-refractivity contribution in [2.75, 3.05) is 0 Å². The Morgan fingerprint density at radius 1 is 0.972 bits per heavy atom. The zero-order valence-corrected chi connectivity index (χ0v) is 20.5. The topological polar surface area (TPSA) is 200 Å². The summed E-state index contributed by atoms with van der Waals surface area (Å²) in [6, 6.07) is 1.83. The van der Waals surface area contributed by atoms with Crippen LogP contribution in [-0.4, -0.2) is 68.0 Å². The van der Waals surface area contributed by atoms with Crippen LogP contribution in [0.4, 0.5) is 0 Å². The van der Waals surface area contributed by atoms with Gasteiger partial charge in [-0.05, 0) is 30.5 Å². The van der Waals surface area contributed by atoms with Crippen LogP contribution in [0.25, 0.3) is 0 Å². The van der Waals surface area contributed by atoms with Gasteiger partial charge in [-0.25, -0.2) is 9.78 Å². The summed E-state index contributed by atoms with van der Waals surface area (Å²) < 4.78 is 0. The molecule has 36 heavy (non-hydrogen) atoms. The SMILES string of the molecule is CCC(C)C(NC(=O)C(C)N)C(=O)NC(Cc1ccc(O)cc1)C(=O)NC(Cc1cnc[nH]1)C(=O)O. The van der Waals surface area contributed by atoms with E-state index in [1.807, 2.05) is 6.92 Å². The third kappa shape index (κ3) is 8.38. The number of aromatic hydroxyl groups is 1. The van der Waals surface area contributed by atoms with Gasteiger partial charge in [0.05, 0.1) is 12.4 Å². The maximum absolute atomic E-state index is 13.2. The molecule has 1 aromatic carbocycles. The van der Waals surface area contributed by atoms with Crippen LogP contribution in [0.5, 0.6) is 5.75 Å². The van der Waals surface area contributed by atoms with Crippen molar-refractivity contribution in [3.63, 3.8) is 0 Å². The molecular weight excluding hydrogens is 468 g/mol. The summed E-state index contributed by atoms with van der Waals surface area (Å²) in [6.07, 6.45) is 3.39. The quantitative estimate of drug-likeness (QED) is 0.196. The molecule has 2 aromatic rings. The highest BCUT2D eigenvalue weighted by Crippen LogP contribution is 2.13. The number of benzene rings is 1. The summed E-state index contributed by atoms with van der Waals surface area (Å²) in [4.78, 5) is 57.1. The highest BCUT2D eigenvalue weighted by Gasteiger charge is 2.32. The third-order valence-corrected chi connectivity index (χ3v) is 5.81. The Labute approximate surface area is 209 Å². The number of nitrogens with two attached hydrogens (primary N) is 1. The molecule has 0 aliphatic heterocycles. The Balaban J connectivity index is 2.27. The zero-order valence-electron chi connectivity index (χ0n) is 20.5. The summed E-state index contributed by atoms with van der Waals surface area (Å²) in [5.41, 5.74) is 6.77. The van der Waals surface area contributed by atoms with E-state index in [-0.39, 0.29) is 24.5 Å². The number of carbonyl (C=O) groups is 4. The number of carboxylic acids is 1. The standard InChI is InChI=1S/C24H34N6O6/c1-4-13(2)20(30-21(32)14(3)25)23(34)28-18(9-15-5-7-17(31)8-6-15)22(33)29-19(24(35)36)10-16-11-26-12-27-16/h5-8,11-14,18-20,31H,4,9-10,25H2,1-3H3,(H,26,27)(H,28,34)(H,29,33)(H,30,32)(H,35,36). The van der Waals surface area contributed by atoms with Crippen molar-refractivity contribution < 1.29 is 29.4 Å². The van der Waals surface area contributed by atoms with Crippen molar-refractivity contribution >= 4 is 23.7 Å². The van der Waals surface area contributed by atoms with Gasteiger partial charge >= 0.3 is 5.97 Å². The van der Waals surface area contributed by atoms with E-state index < -0.39 is 47.9 Å². The van der Waals surface area contributed by atoms with Gasteiger partial charge < -0.3 is 36.9 Å². The van der Waals surface area contributed by atoms with Gasteiger partial charge in [-0.3, -0.25) is 14.4 Å². The molecule has 12 nitrogen and oxygen atoms in total. The number of nitrogens with zero attached hydrogens (tertiary/aromatic N) is 1. The summed E-state index contributed by atoms with van der Waals surface area (Å²) in [7, 11) is 0. The van der Waals surface area contributed by atoms with Crippen molar-refractivity contribution in [3.8, 4) is 5.75 Å². The molecule has 0 aliphatic rings. The van der Waals surface area contributed by atoms with Gasteiger partial charge in [0.1, 0.15) is 23.9 Å². The number of aromatic amines is 1. The number of amides is 3. The van der Waals surface area contributed by atoms with Crippen LogP contribution in [-0.2, 0) is 32.0 Å². The van der Waals surface area contributed by atoms with Gasteiger partial charge in [-0.1, -0.05) is 32.4 Å². The lowest BCUT2D eigenvalue weighted by Gasteiger charge is -2.27. The first-order valence-electron chi connectivity index (χ1n) is 11.7. The number of imidazole rings is 1. The number of aliphatic carboxylic acids is 1. The predicted octanol–water partition coefficient (Wildman–Crippen LogP) is -0.167. The van der Waals surface area contributed by atoms with Gasteiger partial charge in [0.25, 0.3) is 0 Å². The molecule has 0 radical (unpaired) electrons. The Morgan fingerprint density at radius 2 is 1.61 bits per heavy atom. The van der Waals surface area contributed by atoms with Crippen molar-refractivity contribution in [3.05, 3.63) is 48.0 Å². The molecule has 2 rings (SSSR count). The molecule has 0 saturated carbocycles. The predicted molar refractivity (Wildman–Crippen MR) is 131 cm³/mol. The number of rotatable bonds is 13. The van der Waals surface area contributed by atoms with Crippen molar-refractivity contribution in [2.45, 2.75) is 64.2 Å². The average Bonchev–Trinajstić information content (AvgIpc) is 3.35. The maximum Gasteiger partial charge on any atom is 0.326 e. The number of aromatic nitrogens is 2. The minimum absolute atomic E-state index is 0.0166. The molecule has 5 unspecified atom stereocenters. The Hall–Kier alpha value is -3.93. The van der Waals surface area contributed by atoms with Crippen molar-refractivity contribution in [2.24, 2.45) is 11.7 Å². The Bertz CT molecular complexity index is 1020. The molecule has 0 spiro atoms. The lowest BCUT2D eigenvalue weighted by molar-refractivity contribution is -0.142. The van der Waals surface area contributed by atoms with Gasteiger partial charge in [0, 0.05) is 24.7 Å². The molecule has 0 aliphatic carbocycles. The number of phenolic OH excluding ortho intramolecular Hbond substituents is 1. The number of nitrogens with one attached hydrogen (secondary N) is 4. The summed E-state index contributed by atoms with van der Waals surface area (Å²) in [6.45, 7) is 5.13. The molecule has 0 fully saturated rings. The fraction of sp³-hybridized carbons (Fsp3) is 0.458. The normalized spacial score (nSPS) is 15.1. The van der Waals surface area contributed by atoms with Crippen molar-refractivity contribution in [1.82, 2.24) is 25.9 Å². The van der Waals surface area contributed by atoms with Gasteiger partial charge in [0.2, 0.25) is 17.7 Å². The van der Waals surface area contributed by atoms with E-state index in [0.717, 1.165) is 0 Å². The van der Waals surface area contributed by atoms with Gasteiger partial charge in [-0.15, -0.1) is 0 Å². The number of H-pyrrole nitrogens is 1. The summed E-state index contributed by atoms with van der Waals surface area (Å²) in [5.74, 6) is -3.32. The van der Waals surface area contributed by atoms with E-state index in [1.165, 1.54) is 31.6 Å². The molecule has 0 saturated heterocycles. The molecule has 5 atom stereocenters. The summed E-state index contributed by atoms with van der Waals surface area (Å²) >= 11 is 0. The van der Waals surface area contributed by atoms with Gasteiger partial charge in [0.15, 0.2) is 0 Å². The van der Waals surface area contributed by atoms with E-state index in [9.17, 15) is 29.4 Å². The maximum atomic E-state index is 13.2. The number of hydrogen-bond acceptors (Lipinski definition) is 7. The third-order valence-electron chi connectivity index (χ3n) is 5.81. The number of carboxylic acid groups (broad SMARTS) is 1. The van der Waals surface area contributed by atoms with Crippen LogP contribution in [0.1, 0.15) is 38.4 Å². The monoisotopic (exact) mass is 502 g/mol. The average molecular weight is 503 g/mol. The Kier molecular flexibility index (Phi) is 10.4. The van der Waals surface area contributed by atoms with Crippen LogP contribution in [0.3, 0.4) is 0 Å². The molecular formula is C24H34N6O6. The van der Waals surface area contributed by atoms with Crippen LogP contribution >= 0.6 is 0 Å². The fourth-order valence-corrected chi connectivity index (χ4v) is 3.41. The smallest absolute Gasteiger partial charge is 0.326 e. The first-order chi connectivity index (χ1) is 17.0. The largest absolute Gasteiger partial charge is 0.508 e. The molecule has 1 aromatic heterocycles. The molecule has 0 bridgehead atoms. The summed E-state index contributed by atoms with van der Waals surface area (Å²) in [5, 5.41) is 27.0. The highest BCUT2D eigenvalue weighted by atomic mass is 16.4. The minimum atomic E-state index is -1.28. The first-order valence-corrected chi connectivity index (χ1v) is 11.7. The van der Waals surface area contributed by atoms with Crippen molar-refractivity contribution in [1.29, 1.82) is 0 Å². The lowest BCUT2D eigenvalue weighted by Crippen LogP contribution is -2.59. The number of hydrogen-bond donors (Lipinski definition) is 7. The Morgan fingerprint density at radius 3 is 2.14 bits per heavy atom. The molecule has 12 heteroatoms. The first kappa shape index (κ1) is 28.3. The fourth-order valence-electron chi connectivity index (χ4n) is 3.41. The molecule has 8 N–H and O–H groups in total. The van der Waals surface area contributed by atoms with Crippen LogP contribution in [0.15, 0.2) is 36.8 Å². The lowest BCUT2D eigenvalue weighted by atomic mass is 9.96. The van der Waals surface area contributed by atoms with E-state index >= 15 is 0 Å². The second-order valence-electron chi connectivity index (χ2n) is 8.77. The number of carbonyl (C=O) groups excluding carboxylic acids is 3. The molecule has 3 amide bonds. The zero-order chi connectivity index (χ0) is 26.8. The van der Waals surface area contributed by atoms with E-state index in [0.29, 0.717) is 17.7 Å². The number of phenols is 1. The van der Waals surface area contributed by atoms with Crippen LogP contribution < -0.4 is 21.7 Å². The molecule has 1 heterocycles. The minimum Gasteiger partial charge on any atom is -0.508 e. The second kappa shape index (κ2) is 13.2. The van der Waals surface area contributed by atoms with E-state index in [2.05, 4.69) is 25.9 Å². The van der Waals surface area contributed by atoms with E-state index in [4.69, 9.17) is 5.73 Å². The molecule has 196 valence electrons. The second-order valence-corrected chi connectivity index (χ2v) is 8.77. The van der Waals surface area contributed by atoms with Gasteiger partial charge in [-0.2, -0.15) is 0 Å². The highest BCUT2D eigenvalue weighted by molar-refractivity contribution is 5.94. The van der Waals surface area contributed by atoms with E-state index in [1.54, 1.807) is 19.1 Å². The van der Waals surface area contributed by atoms with Crippen LogP contribution in [0, 0.1) is 5.92 Å².